The molecule has 0 amide bonds. The van der Waals surface area contributed by atoms with Crippen molar-refractivity contribution in [3.63, 3.8) is 0 Å². The highest BCUT2D eigenvalue weighted by Gasteiger charge is 2.37. The van der Waals surface area contributed by atoms with E-state index in [4.69, 9.17) is 0 Å². The normalized spacial score (nSPS) is 17.8. The van der Waals surface area contributed by atoms with Gasteiger partial charge in [-0.25, -0.2) is 0 Å². The van der Waals surface area contributed by atoms with E-state index in [0.717, 1.165) is 41.3 Å². The van der Waals surface area contributed by atoms with Crippen molar-refractivity contribution in [3.8, 4) is 17.3 Å². The van der Waals surface area contributed by atoms with Gasteiger partial charge < -0.3 is 0 Å². The van der Waals surface area contributed by atoms with Crippen molar-refractivity contribution in [1.82, 2.24) is 4.68 Å². The molecule has 1 aliphatic rings. The molecule has 2 aromatic carbocycles. The second-order valence-electron chi connectivity index (χ2n) is 7.71. The number of hydrogen-bond donors (Lipinski definition) is 0. The molecule has 7 heteroatoms. The molecule has 1 unspecified atom stereocenters. The quantitative estimate of drug-likeness (QED) is 0.509. The van der Waals surface area contributed by atoms with E-state index in [2.05, 4.69) is 5.10 Å². The predicted octanol–water partition coefficient (Wildman–Crippen LogP) is 5.97. The van der Waals surface area contributed by atoms with Crippen molar-refractivity contribution >= 4 is 5.71 Å². The maximum atomic E-state index is 13.6. The zero-order chi connectivity index (χ0) is 22.7. The Labute approximate surface area is 183 Å². The number of nitrogens with zero attached hydrogens (tertiary/aromatic N) is 3. The van der Waals surface area contributed by atoms with E-state index in [1.54, 1.807) is 30.3 Å². The molecule has 0 saturated heterocycles. The highest BCUT2D eigenvalue weighted by molar-refractivity contribution is 5.91. The third-order valence-electron chi connectivity index (χ3n) is 5.68. The van der Waals surface area contributed by atoms with Gasteiger partial charge in [-0.1, -0.05) is 67.1 Å². The van der Waals surface area contributed by atoms with E-state index in [-0.39, 0.29) is 11.6 Å². The van der Waals surface area contributed by atoms with Crippen molar-refractivity contribution < 1.29 is 13.2 Å². The van der Waals surface area contributed by atoms with Crippen LogP contribution in [-0.4, -0.2) is 10.4 Å². The first kappa shape index (κ1) is 21.6. The van der Waals surface area contributed by atoms with Gasteiger partial charge in [-0.05, 0) is 30.9 Å². The fraction of sp³-hybridized carbons (Fsp3) is 0.240. The summed E-state index contributed by atoms with van der Waals surface area (Å²) in [6.07, 6.45) is -1.50. The standard InChI is InChI=1S/C25H20F3N3O/c26-25(27,28)21-15-23(18-11-5-2-6-12-18)31(24(32)20(21)16-29)30-22-14-8-7-13-19(22)17-9-3-1-4-10-17/h1-6,9-12,15,19H,7-8,13-14H2. The lowest BCUT2D eigenvalue weighted by atomic mass is 9.82. The summed E-state index contributed by atoms with van der Waals surface area (Å²) >= 11 is 0. The van der Waals surface area contributed by atoms with Gasteiger partial charge in [-0.2, -0.15) is 28.2 Å². The molecule has 0 radical (unpaired) electrons. The Bertz CT molecular complexity index is 1240. The minimum atomic E-state index is -4.84. The van der Waals surface area contributed by atoms with Crippen LogP contribution in [0.2, 0.25) is 0 Å². The second-order valence-corrected chi connectivity index (χ2v) is 7.71. The maximum Gasteiger partial charge on any atom is 0.417 e. The smallest absolute Gasteiger partial charge is 0.266 e. The van der Waals surface area contributed by atoms with Crippen LogP contribution in [0.3, 0.4) is 0 Å². The Morgan fingerprint density at radius 1 is 1.00 bits per heavy atom. The summed E-state index contributed by atoms with van der Waals surface area (Å²) in [5.74, 6) is -0.0340. The summed E-state index contributed by atoms with van der Waals surface area (Å²) in [6.45, 7) is 0. The zero-order valence-electron chi connectivity index (χ0n) is 17.1. The molecule has 0 N–H and O–H groups in total. The monoisotopic (exact) mass is 435 g/mol. The average molecular weight is 435 g/mol. The Morgan fingerprint density at radius 3 is 2.28 bits per heavy atom. The molecule has 1 fully saturated rings. The Kier molecular flexibility index (Phi) is 5.95. The van der Waals surface area contributed by atoms with Gasteiger partial charge in [0.05, 0.1) is 11.3 Å². The molecule has 1 aliphatic carbocycles. The molecule has 1 heterocycles. The number of aromatic nitrogens is 1. The first-order valence-corrected chi connectivity index (χ1v) is 10.4. The molecule has 1 aromatic heterocycles. The number of nitriles is 1. The number of alkyl halides is 3. The highest BCUT2D eigenvalue weighted by atomic mass is 19.4. The van der Waals surface area contributed by atoms with Gasteiger partial charge in [0.1, 0.15) is 11.6 Å². The Balaban J connectivity index is 1.97. The molecule has 0 aliphatic heterocycles. The molecule has 0 bridgehead atoms. The van der Waals surface area contributed by atoms with Crippen LogP contribution in [0.15, 0.2) is 76.6 Å². The van der Waals surface area contributed by atoms with Gasteiger partial charge in [0.25, 0.3) is 5.56 Å². The molecule has 4 nitrogen and oxygen atoms in total. The van der Waals surface area contributed by atoms with Gasteiger partial charge in [0.15, 0.2) is 0 Å². The summed E-state index contributed by atoms with van der Waals surface area (Å²) in [4.78, 5) is 13.1. The number of halogens is 3. The SMILES string of the molecule is N#Cc1c(C(F)(F)F)cc(-c2ccccc2)n(N=C2CCCCC2c2ccccc2)c1=O. The second kappa shape index (κ2) is 8.83. The van der Waals surface area contributed by atoms with Gasteiger partial charge in [0, 0.05) is 17.2 Å². The van der Waals surface area contributed by atoms with Gasteiger partial charge in [-0.3, -0.25) is 4.79 Å². The van der Waals surface area contributed by atoms with Crippen molar-refractivity contribution in [1.29, 1.82) is 5.26 Å². The summed E-state index contributed by atoms with van der Waals surface area (Å²) in [7, 11) is 0. The Morgan fingerprint density at radius 2 is 1.66 bits per heavy atom. The van der Waals surface area contributed by atoms with Crippen LogP contribution >= 0.6 is 0 Å². The molecular formula is C25H20F3N3O. The minimum absolute atomic E-state index is 0.00631. The van der Waals surface area contributed by atoms with E-state index < -0.39 is 22.9 Å². The molecule has 0 spiro atoms. The van der Waals surface area contributed by atoms with Gasteiger partial charge in [0.2, 0.25) is 0 Å². The van der Waals surface area contributed by atoms with E-state index in [1.165, 1.54) is 6.07 Å². The number of rotatable bonds is 3. The van der Waals surface area contributed by atoms with Crippen LogP contribution in [0, 0.1) is 11.3 Å². The molecule has 1 atom stereocenters. The largest absolute Gasteiger partial charge is 0.417 e. The highest BCUT2D eigenvalue weighted by Crippen LogP contribution is 2.35. The Hall–Kier alpha value is -3.66. The van der Waals surface area contributed by atoms with Crippen LogP contribution < -0.4 is 5.56 Å². The van der Waals surface area contributed by atoms with Crippen molar-refractivity contribution in [2.45, 2.75) is 37.8 Å². The van der Waals surface area contributed by atoms with Crippen molar-refractivity contribution in [3.05, 3.63) is 93.8 Å². The fourth-order valence-electron chi connectivity index (χ4n) is 4.13. The van der Waals surface area contributed by atoms with Crippen LogP contribution in [0.4, 0.5) is 13.2 Å². The van der Waals surface area contributed by atoms with Crippen LogP contribution in [-0.2, 0) is 6.18 Å². The molecule has 4 rings (SSSR count). The average Bonchev–Trinajstić information content (AvgIpc) is 2.81. The van der Waals surface area contributed by atoms with E-state index in [0.29, 0.717) is 12.0 Å². The number of benzene rings is 2. The van der Waals surface area contributed by atoms with Crippen LogP contribution in [0.1, 0.15) is 48.3 Å². The van der Waals surface area contributed by atoms with Gasteiger partial charge in [-0.15, -0.1) is 0 Å². The lowest BCUT2D eigenvalue weighted by Gasteiger charge is -2.25. The van der Waals surface area contributed by atoms with E-state index >= 15 is 0 Å². The molecule has 3 aromatic rings. The first-order valence-electron chi connectivity index (χ1n) is 10.4. The first-order chi connectivity index (χ1) is 15.4. The zero-order valence-corrected chi connectivity index (χ0v) is 17.1. The van der Waals surface area contributed by atoms with E-state index in [9.17, 15) is 23.2 Å². The molecule has 32 heavy (non-hydrogen) atoms. The van der Waals surface area contributed by atoms with Gasteiger partial charge >= 0.3 is 6.18 Å². The van der Waals surface area contributed by atoms with Crippen molar-refractivity contribution in [2.75, 3.05) is 0 Å². The topological polar surface area (TPSA) is 58.1 Å². The molecule has 162 valence electrons. The third kappa shape index (κ3) is 4.22. The lowest BCUT2D eigenvalue weighted by molar-refractivity contribution is -0.137. The summed E-state index contributed by atoms with van der Waals surface area (Å²) in [5.41, 5.74) is -1.07. The maximum absolute atomic E-state index is 13.6. The molecule has 1 saturated carbocycles. The predicted molar refractivity (Wildman–Crippen MR) is 116 cm³/mol. The fourth-order valence-corrected chi connectivity index (χ4v) is 4.13. The summed E-state index contributed by atoms with van der Waals surface area (Å²) in [5, 5.41) is 14.0. The van der Waals surface area contributed by atoms with Crippen LogP contribution in [0.25, 0.3) is 11.3 Å². The summed E-state index contributed by atoms with van der Waals surface area (Å²) in [6, 6.07) is 20.4. The number of hydrogen-bond acceptors (Lipinski definition) is 3. The summed E-state index contributed by atoms with van der Waals surface area (Å²) < 4.78 is 41.9. The van der Waals surface area contributed by atoms with Crippen molar-refractivity contribution in [2.24, 2.45) is 5.10 Å². The van der Waals surface area contributed by atoms with Crippen LogP contribution in [0.5, 0.6) is 0 Å². The third-order valence-corrected chi connectivity index (χ3v) is 5.68. The minimum Gasteiger partial charge on any atom is -0.266 e. The molecular weight excluding hydrogens is 415 g/mol. The lowest BCUT2D eigenvalue weighted by Crippen LogP contribution is -2.28. The van der Waals surface area contributed by atoms with E-state index in [1.807, 2.05) is 30.3 Å². The number of pyridine rings is 1.